The van der Waals surface area contributed by atoms with Crippen LogP contribution in [0.25, 0.3) is 0 Å². The van der Waals surface area contributed by atoms with E-state index in [4.69, 9.17) is 0 Å². The van der Waals surface area contributed by atoms with Gasteiger partial charge in [0.25, 0.3) is 0 Å². The Morgan fingerprint density at radius 3 is 1.68 bits per heavy atom. The molecule has 2 aromatic carbocycles. The Kier molecular flexibility index (Phi) is 3.78. The summed E-state index contributed by atoms with van der Waals surface area (Å²) in [5.41, 5.74) is 3.19. The lowest BCUT2D eigenvalue weighted by Gasteiger charge is -2.31. The third-order valence-corrected chi connectivity index (χ3v) is 4.11. The van der Waals surface area contributed by atoms with Crippen molar-refractivity contribution in [1.82, 2.24) is 4.98 Å². The number of benzene rings is 2. The van der Waals surface area contributed by atoms with E-state index in [1.54, 1.807) is 6.20 Å². The summed E-state index contributed by atoms with van der Waals surface area (Å²) in [5.74, 6) is 0. The minimum atomic E-state index is -1.25. The predicted molar refractivity (Wildman–Crippen MR) is 88.7 cm³/mol. The SMILES string of the molecule is Cc1ccccc1C(O)(c1ccccn1)c1ccccc1C. The van der Waals surface area contributed by atoms with Gasteiger partial charge < -0.3 is 5.11 Å². The first-order valence-electron chi connectivity index (χ1n) is 7.40. The maximum Gasteiger partial charge on any atom is 0.157 e. The van der Waals surface area contributed by atoms with Crippen molar-refractivity contribution < 1.29 is 5.11 Å². The highest BCUT2D eigenvalue weighted by Crippen LogP contribution is 2.38. The summed E-state index contributed by atoms with van der Waals surface area (Å²) in [6.45, 7) is 4.03. The van der Waals surface area contributed by atoms with Crippen LogP contribution in [-0.4, -0.2) is 10.1 Å². The van der Waals surface area contributed by atoms with E-state index in [1.807, 2.05) is 80.6 Å². The van der Waals surface area contributed by atoms with Gasteiger partial charge in [0.15, 0.2) is 5.60 Å². The fourth-order valence-corrected chi connectivity index (χ4v) is 2.96. The molecule has 1 aromatic heterocycles. The van der Waals surface area contributed by atoms with Crippen LogP contribution in [0.4, 0.5) is 0 Å². The molecule has 0 saturated heterocycles. The van der Waals surface area contributed by atoms with Gasteiger partial charge in [0.2, 0.25) is 0 Å². The second-order valence-corrected chi connectivity index (χ2v) is 5.56. The van der Waals surface area contributed by atoms with Crippen molar-refractivity contribution in [3.63, 3.8) is 0 Å². The number of aliphatic hydroxyl groups is 1. The molecule has 3 aromatic rings. The monoisotopic (exact) mass is 289 g/mol. The second-order valence-electron chi connectivity index (χ2n) is 5.56. The molecular formula is C20H19NO. The zero-order chi connectivity index (χ0) is 15.6. The Balaban J connectivity index is 2.33. The summed E-state index contributed by atoms with van der Waals surface area (Å²) in [6.07, 6.45) is 1.72. The number of pyridine rings is 1. The molecule has 0 radical (unpaired) electrons. The molecule has 0 aliphatic heterocycles. The second kappa shape index (κ2) is 5.74. The van der Waals surface area contributed by atoms with E-state index in [1.165, 1.54) is 0 Å². The zero-order valence-corrected chi connectivity index (χ0v) is 12.8. The first-order chi connectivity index (χ1) is 10.6. The van der Waals surface area contributed by atoms with Gasteiger partial charge in [-0.15, -0.1) is 0 Å². The van der Waals surface area contributed by atoms with Crippen molar-refractivity contribution >= 4 is 0 Å². The molecule has 2 heteroatoms. The van der Waals surface area contributed by atoms with E-state index >= 15 is 0 Å². The molecule has 0 aliphatic rings. The highest BCUT2D eigenvalue weighted by Gasteiger charge is 2.37. The number of aryl methyl sites for hydroxylation is 2. The standard InChI is InChI=1S/C20H19NO/c1-15-9-3-5-11-17(15)20(22,19-13-7-8-14-21-19)18-12-6-4-10-16(18)2/h3-14,22H,1-2H3. The topological polar surface area (TPSA) is 33.1 Å². The van der Waals surface area contributed by atoms with Gasteiger partial charge in [0.05, 0.1) is 5.69 Å². The normalized spacial score (nSPS) is 11.4. The molecule has 0 fully saturated rings. The van der Waals surface area contributed by atoms with E-state index in [9.17, 15) is 5.11 Å². The lowest BCUT2D eigenvalue weighted by Crippen LogP contribution is -2.31. The largest absolute Gasteiger partial charge is 0.374 e. The van der Waals surface area contributed by atoms with Crippen LogP contribution in [0.3, 0.4) is 0 Å². The van der Waals surface area contributed by atoms with Crippen LogP contribution in [0.15, 0.2) is 72.9 Å². The van der Waals surface area contributed by atoms with E-state index in [2.05, 4.69) is 4.98 Å². The lowest BCUT2D eigenvalue weighted by molar-refractivity contribution is 0.119. The molecule has 0 atom stereocenters. The Bertz CT molecular complexity index is 735. The maximum atomic E-state index is 11.7. The molecule has 0 aliphatic carbocycles. The Morgan fingerprint density at radius 2 is 1.23 bits per heavy atom. The molecule has 2 nitrogen and oxygen atoms in total. The molecule has 0 bridgehead atoms. The minimum Gasteiger partial charge on any atom is -0.374 e. The predicted octanol–water partition coefficient (Wildman–Crippen LogP) is 3.98. The molecule has 0 unspecified atom stereocenters. The van der Waals surface area contributed by atoms with Crippen LogP contribution >= 0.6 is 0 Å². The molecule has 22 heavy (non-hydrogen) atoms. The molecule has 0 saturated carbocycles. The number of hydrogen-bond acceptors (Lipinski definition) is 2. The van der Waals surface area contributed by atoms with Gasteiger partial charge in [0.1, 0.15) is 0 Å². The van der Waals surface area contributed by atoms with Crippen LogP contribution in [-0.2, 0) is 5.60 Å². The van der Waals surface area contributed by atoms with Crippen molar-refractivity contribution in [2.24, 2.45) is 0 Å². The van der Waals surface area contributed by atoms with Crippen molar-refractivity contribution in [2.75, 3.05) is 0 Å². The van der Waals surface area contributed by atoms with E-state index in [-0.39, 0.29) is 0 Å². The molecule has 3 rings (SSSR count). The number of rotatable bonds is 3. The molecule has 0 amide bonds. The minimum absolute atomic E-state index is 0.638. The van der Waals surface area contributed by atoms with Crippen LogP contribution in [0.5, 0.6) is 0 Å². The third-order valence-electron chi connectivity index (χ3n) is 4.11. The van der Waals surface area contributed by atoms with E-state index in [0.29, 0.717) is 5.69 Å². The van der Waals surface area contributed by atoms with Gasteiger partial charge in [0, 0.05) is 6.20 Å². The number of nitrogens with zero attached hydrogens (tertiary/aromatic N) is 1. The fourth-order valence-electron chi connectivity index (χ4n) is 2.96. The van der Waals surface area contributed by atoms with Crippen molar-refractivity contribution in [3.05, 3.63) is 101 Å². The molecule has 1 heterocycles. The smallest absolute Gasteiger partial charge is 0.157 e. The molecule has 110 valence electrons. The van der Waals surface area contributed by atoms with E-state index < -0.39 is 5.60 Å². The van der Waals surface area contributed by atoms with Gasteiger partial charge in [-0.25, -0.2) is 0 Å². The average Bonchev–Trinajstić information content (AvgIpc) is 2.56. The quantitative estimate of drug-likeness (QED) is 0.791. The van der Waals surface area contributed by atoms with Crippen LogP contribution in [0.1, 0.15) is 27.9 Å². The molecule has 1 N–H and O–H groups in total. The molecule has 0 spiro atoms. The summed E-state index contributed by atoms with van der Waals surface area (Å²) in [7, 11) is 0. The highest BCUT2D eigenvalue weighted by atomic mass is 16.3. The Hall–Kier alpha value is -2.45. The van der Waals surface area contributed by atoms with Gasteiger partial charge in [-0.3, -0.25) is 4.98 Å². The third kappa shape index (κ3) is 2.32. The zero-order valence-electron chi connectivity index (χ0n) is 12.8. The summed E-state index contributed by atoms with van der Waals surface area (Å²) < 4.78 is 0. The lowest BCUT2D eigenvalue weighted by atomic mass is 9.79. The van der Waals surface area contributed by atoms with Crippen LogP contribution < -0.4 is 0 Å². The van der Waals surface area contributed by atoms with Crippen molar-refractivity contribution in [2.45, 2.75) is 19.4 Å². The summed E-state index contributed by atoms with van der Waals surface area (Å²) in [4.78, 5) is 4.44. The summed E-state index contributed by atoms with van der Waals surface area (Å²) in [5, 5.41) is 11.7. The van der Waals surface area contributed by atoms with Gasteiger partial charge in [-0.05, 0) is 48.2 Å². The average molecular weight is 289 g/mol. The first kappa shape index (κ1) is 14.5. The summed E-state index contributed by atoms with van der Waals surface area (Å²) in [6, 6.07) is 21.5. The first-order valence-corrected chi connectivity index (χ1v) is 7.40. The highest BCUT2D eigenvalue weighted by molar-refractivity contribution is 5.49. The van der Waals surface area contributed by atoms with Gasteiger partial charge in [-0.2, -0.15) is 0 Å². The maximum absolute atomic E-state index is 11.7. The fraction of sp³-hybridized carbons (Fsp3) is 0.150. The van der Waals surface area contributed by atoms with Crippen LogP contribution in [0.2, 0.25) is 0 Å². The van der Waals surface area contributed by atoms with Gasteiger partial charge in [-0.1, -0.05) is 54.6 Å². The van der Waals surface area contributed by atoms with Gasteiger partial charge >= 0.3 is 0 Å². The van der Waals surface area contributed by atoms with Crippen molar-refractivity contribution in [1.29, 1.82) is 0 Å². The Morgan fingerprint density at radius 1 is 0.727 bits per heavy atom. The number of hydrogen-bond donors (Lipinski definition) is 1. The summed E-state index contributed by atoms with van der Waals surface area (Å²) >= 11 is 0. The van der Waals surface area contributed by atoms with E-state index in [0.717, 1.165) is 22.3 Å². The van der Waals surface area contributed by atoms with Crippen molar-refractivity contribution in [3.8, 4) is 0 Å². The Labute approximate surface area is 131 Å². The number of aromatic nitrogens is 1. The molecular weight excluding hydrogens is 270 g/mol. The van der Waals surface area contributed by atoms with Crippen LogP contribution in [0, 0.1) is 13.8 Å².